The first-order valence-electron chi connectivity index (χ1n) is 6.70. The molecule has 1 aromatic rings. The van der Waals surface area contributed by atoms with E-state index in [-0.39, 0.29) is 11.7 Å². The number of nitrogens with one attached hydrogen (secondary N) is 2. The lowest BCUT2D eigenvalue weighted by atomic mass is 10.1. The van der Waals surface area contributed by atoms with Gasteiger partial charge in [-0.15, -0.1) is 0 Å². The van der Waals surface area contributed by atoms with Crippen LogP contribution in [-0.4, -0.2) is 43.0 Å². The molecule has 1 saturated heterocycles. The van der Waals surface area contributed by atoms with E-state index in [1.807, 2.05) is 0 Å². The van der Waals surface area contributed by atoms with Crippen molar-refractivity contribution in [2.45, 2.75) is 19.8 Å². The van der Waals surface area contributed by atoms with E-state index in [1.165, 1.54) is 6.33 Å². The van der Waals surface area contributed by atoms with Gasteiger partial charge in [-0.05, 0) is 34.7 Å². The average Bonchev–Trinajstić information content (AvgIpc) is 2.76. The highest BCUT2D eigenvalue weighted by molar-refractivity contribution is 9.10. The van der Waals surface area contributed by atoms with Gasteiger partial charge in [0.1, 0.15) is 22.4 Å². The minimum atomic E-state index is -2.83. The zero-order valence-electron chi connectivity index (χ0n) is 11.4. The largest absolute Gasteiger partial charge is 0.369 e. The van der Waals surface area contributed by atoms with Crippen LogP contribution < -0.4 is 10.6 Å². The Kier molecular flexibility index (Phi) is 5.20. The maximum atomic E-state index is 11.4. The molecule has 20 heavy (non-hydrogen) atoms. The highest BCUT2D eigenvalue weighted by atomic mass is 79.9. The molecule has 1 atom stereocenters. The molecule has 2 rings (SSSR count). The van der Waals surface area contributed by atoms with Crippen molar-refractivity contribution < 1.29 is 8.42 Å². The maximum Gasteiger partial charge on any atom is 0.150 e. The lowest BCUT2D eigenvalue weighted by Gasteiger charge is -2.13. The van der Waals surface area contributed by atoms with Gasteiger partial charge in [-0.2, -0.15) is 0 Å². The van der Waals surface area contributed by atoms with E-state index >= 15 is 0 Å². The van der Waals surface area contributed by atoms with Gasteiger partial charge in [0.25, 0.3) is 0 Å². The molecule has 0 amide bonds. The summed E-state index contributed by atoms with van der Waals surface area (Å²) in [5.74, 6) is 2.18. The van der Waals surface area contributed by atoms with Gasteiger partial charge in [-0.25, -0.2) is 18.4 Å². The summed E-state index contributed by atoms with van der Waals surface area (Å²) in [6.45, 7) is 3.54. The minimum absolute atomic E-state index is 0.161. The van der Waals surface area contributed by atoms with Crippen LogP contribution in [0.2, 0.25) is 0 Å². The second-order valence-corrected chi connectivity index (χ2v) is 7.98. The molecule has 1 aliphatic rings. The molecular formula is C12H19BrN4O2S. The van der Waals surface area contributed by atoms with Crippen molar-refractivity contribution in [1.29, 1.82) is 0 Å². The quantitative estimate of drug-likeness (QED) is 0.803. The number of anilines is 2. The fourth-order valence-electron chi connectivity index (χ4n) is 2.13. The van der Waals surface area contributed by atoms with Crippen LogP contribution in [0.4, 0.5) is 11.6 Å². The molecular weight excluding hydrogens is 344 g/mol. The normalized spacial score (nSPS) is 20.8. The van der Waals surface area contributed by atoms with Gasteiger partial charge in [-0.1, -0.05) is 6.92 Å². The summed E-state index contributed by atoms with van der Waals surface area (Å²) in [4.78, 5) is 8.36. The van der Waals surface area contributed by atoms with E-state index in [4.69, 9.17) is 0 Å². The van der Waals surface area contributed by atoms with Crippen LogP contribution in [-0.2, 0) is 9.84 Å². The average molecular weight is 363 g/mol. The van der Waals surface area contributed by atoms with Gasteiger partial charge >= 0.3 is 0 Å². The van der Waals surface area contributed by atoms with Crippen LogP contribution in [0.15, 0.2) is 10.8 Å². The molecule has 2 heterocycles. The molecule has 1 aliphatic heterocycles. The van der Waals surface area contributed by atoms with Crippen molar-refractivity contribution in [3.05, 3.63) is 10.8 Å². The Labute approximate surface area is 127 Å². The second kappa shape index (κ2) is 6.71. The van der Waals surface area contributed by atoms with E-state index in [0.29, 0.717) is 18.1 Å². The number of hydrogen-bond acceptors (Lipinski definition) is 6. The molecule has 1 unspecified atom stereocenters. The predicted octanol–water partition coefficient (Wildman–Crippen LogP) is 1.91. The fraction of sp³-hybridized carbons (Fsp3) is 0.667. The molecule has 0 aliphatic carbocycles. The lowest BCUT2D eigenvalue weighted by molar-refractivity contribution is 0.595. The summed E-state index contributed by atoms with van der Waals surface area (Å²) >= 11 is 3.48. The number of sulfone groups is 1. The molecule has 0 bridgehead atoms. The van der Waals surface area contributed by atoms with E-state index in [9.17, 15) is 8.42 Å². The van der Waals surface area contributed by atoms with Crippen LogP contribution in [0.25, 0.3) is 0 Å². The van der Waals surface area contributed by atoms with Gasteiger partial charge in [0.2, 0.25) is 0 Å². The molecule has 0 aromatic carbocycles. The number of aromatic nitrogens is 2. The monoisotopic (exact) mass is 362 g/mol. The minimum Gasteiger partial charge on any atom is -0.369 e. The predicted molar refractivity (Wildman–Crippen MR) is 83.8 cm³/mol. The van der Waals surface area contributed by atoms with Gasteiger partial charge in [0, 0.05) is 13.1 Å². The summed E-state index contributed by atoms with van der Waals surface area (Å²) < 4.78 is 23.6. The van der Waals surface area contributed by atoms with Crippen molar-refractivity contribution in [1.82, 2.24) is 9.97 Å². The molecule has 2 N–H and O–H groups in total. The van der Waals surface area contributed by atoms with Crippen molar-refractivity contribution in [3.8, 4) is 0 Å². The molecule has 0 saturated carbocycles. The summed E-state index contributed by atoms with van der Waals surface area (Å²) in [5, 5.41) is 6.42. The zero-order valence-corrected chi connectivity index (χ0v) is 13.8. The highest BCUT2D eigenvalue weighted by Crippen LogP contribution is 2.27. The van der Waals surface area contributed by atoms with Gasteiger partial charge in [0.05, 0.1) is 11.5 Å². The smallest absolute Gasteiger partial charge is 0.150 e. The number of nitrogens with zero attached hydrogens (tertiary/aromatic N) is 2. The molecule has 1 aromatic heterocycles. The van der Waals surface area contributed by atoms with Crippen LogP contribution in [0.3, 0.4) is 0 Å². The zero-order chi connectivity index (χ0) is 14.6. The van der Waals surface area contributed by atoms with E-state index in [0.717, 1.165) is 29.7 Å². The third-order valence-corrected chi connectivity index (χ3v) is 5.80. The summed E-state index contributed by atoms with van der Waals surface area (Å²) in [6.07, 6.45) is 3.23. The second-order valence-electron chi connectivity index (χ2n) is 4.96. The standard InChI is InChI=1S/C12H19BrN4O2S/c1-2-4-14-11-10(13)12(17-8-16-11)15-6-9-3-5-20(18,19)7-9/h8-9H,2-7H2,1H3,(H2,14,15,16,17). The molecule has 0 spiro atoms. The summed E-state index contributed by atoms with van der Waals surface area (Å²) in [7, 11) is -2.83. The lowest BCUT2D eigenvalue weighted by Crippen LogP contribution is -2.17. The van der Waals surface area contributed by atoms with Crippen LogP contribution >= 0.6 is 15.9 Å². The van der Waals surface area contributed by atoms with Gasteiger partial charge in [0.15, 0.2) is 9.84 Å². The Balaban J connectivity index is 1.96. The maximum absolute atomic E-state index is 11.4. The molecule has 1 fully saturated rings. The van der Waals surface area contributed by atoms with E-state index in [1.54, 1.807) is 0 Å². The van der Waals surface area contributed by atoms with Crippen molar-refractivity contribution in [3.63, 3.8) is 0 Å². The first-order valence-corrected chi connectivity index (χ1v) is 9.32. The Bertz CT molecular complexity index is 565. The molecule has 6 nitrogen and oxygen atoms in total. The first kappa shape index (κ1) is 15.5. The number of halogens is 1. The van der Waals surface area contributed by atoms with Crippen molar-refractivity contribution >= 4 is 37.4 Å². The van der Waals surface area contributed by atoms with E-state index < -0.39 is 9.84 Å². The molecule has 8 heteroatoms. The van der Waals surface area contributed by atoms with E-state index in [2.05, 4.69) is 43.5 Å². The highest BCUT2D eigenvalue weighted by Gasteiger charge is 2.27. The van der Waals surface area contributed by atoms with Gasteiger partial charge in [-0.3, -0.25) is 0 Å². The Morgan fingerprint density at radius 1 is 1.35 bits per heavy atom. The third kappa shape index (κ3) is 4.05. The molecule has 112 valence electrons. The van der Waals surface area contributed by atoms with Crippen LogP contribution in [0, 0.1) is 5.92 Å². The topological polar surface area (TPSA) is 84.0 Å². The SMILES string of the molecule is CCCNc1ncnc(NCC2CCS(=O)(=O)C2)c1Br. The molecule has 0 radical (unpaired) electrons. The van der Waals surface area contributed by atoms with Crippen molar-refractivity contribution in [2.24, 2.45) is 5.92 Å². The summed E-state index contributed by atoms with van der Waals surface area (Å²) in [5.41, 5.74) is 0. The fourth-order valence-corrected chi connectivity index (χ4v) is 4.48. The van der Waals surface area contributed by atoms with Gasteiger partial charge < -0.3 is 10.6 Å². The Morgan fingerprint density at radius 2 is 2.05 bits per heavy atom. The first-order chi connectivity index (χ1) is 9.52. The van der Waals surface area contributed by atoms with Crippen molar-refractivity contribution in [2.75, 3.05) is 35.2 Å². The number of hydrogen-bond donors (Lipinski definition) is 2. The summed E-state index contributed by atoms with van der Waals surface area (Å²) in [6, 6.07) is 0. The van der Waals surface area contributed by atoms with Crippen LogP contribution in [0.5, 0.6) is 0 Å². The van der Waals surface area contributed by atoms with Crippen LogP contribution in [0.1, 0.15) is 19.8 Å². The number of rotatable bonds is 6. The Morgan fingerprint density at radius 3 is 2.65 bits per heavy atom. The third-order valence-electron chi connectivity index (χ3n) is 3.22. The Hall–Kier alpha value is -0.890.